The van der Waals surface area contributed by atoms with Gasteiger partial charge in [-0.05, 0) is 152 Å². The number of thiophene rings is 1. The first kappa shape index (κ1) is 55.2. The van der Waals surface area contributed by atoms with Crippen LogP contribution in [0.1, 0.15) is 131 Å². The van der Waals surface area contributed by atoms with E-state index >= 15 is 0 Å². The van der Waals surface area contributed by atoms with Crippen LogP contribution in [-0.2, 0) is 39.6 Å². The summed E-state index contributed by atoms with van der Waals surface area (Å²) in [4.78, 5) is 82.0. The summed E-state index contributed by atoms with van der Waals surface area (Å²) < 4.78 is 47.0. The molecule has 0 unspecified atom stereocenters. The largest absolute Gasteiger partial charge is 0.479 e. The average Bonchev–Trinajstić information content (AvgIpc) is 4.07. The predicted molar refractivity (Wildman–Crippen MR) is 297 cm³/mol. The number of carbonyl (C=O) groups is 6. The van der Waals surface area contributed by atoms with E-state index in [1.54, 1.807) is 81.1 Å². The van der Waals surface area contributed by atoms with Crippen molar-refractivity contribution < 1.29 is 51.4 Å². The zero-order valence-electron chi connectivity index (χ0n) is 44.5. The Hall–Kier alpha value is -6.54. The van der Waals surface area contributed by atoms with Crippen molar-refractivity contribution in [3.8, 4) is 16.2 Å². The summed E-state index contributed by atoms with van der Waals surface area (Å²) in [7, 11) is -3.82. The van der Waals surface area contributed by atoms with Crippen LogP contribution in [-0.4, -0.2) is 108 Å². The van der Waals surface area contributed by atoms with Crippen LogP contribution in [0.5, 0.6) is 5.75 Å². The topological polar surface area (TPSA) is 210 Å². The molecule has 0 bridgehead atoms. The number of anilines is 3. The van der Waals surface area contributed by atoms with Crippen LogP contribution < -0.4 is 25.6 Å². The Bertz CT molecular complexity index is 3300. The van der Waals surface area contributed by atoms with Gasteiger partial charge >= 0.3 is 18.0 Å². The van der Waals surface area contributed by atoms with Crippen LogP contribution in [0.2, 0.25) is 5.02 Å². The van der Waals surface area contributed by atoms with Gasteiger partial charge in [0.1, 0.15) is 22.3 Å². The van der Waals surface area contributed by atoms with Crippen molar-refractivity contribution in [2.75, 3.05) is 41.8 Å². The maximum atomic E-state index is 14.2. The number of hydrogen-bond acceptors (Lipinski definition) is 13. The van der Waals surface area contributed by atoms with Gasteiger partial charge in [-0.2, -0.15) is 4.31 Å². The number of esters is 2. The van der Waals surface area contributed by atoms with Gasteiger partial charge in [0, 0.05) is 60.0 Å². The van der Waals surface area contributed by atoms with Gasteiger partial charge < -0.3 is 29.7 Å². The normalized spacial score (nSPS) is 19.3. The molecule has 3 saturated heterocycles. The summed E-state index contributed by atoms with van der Waals surface area (Å²) in [5, 5.41) is 10.8. The number of imide groups is 1. The predicted octanol–water partition coefficient (Wildman–Crippen LogP) is 10.3. The lowest BCUT2D eigenvalue weighted by molar-refractivity contribution is -0.157. The number of urea groups is 1. The molecule has 3 fully saturated rings. The lowest BCUT2D eigenvalue weighted by Crippen LogP contribution is -2.55. The number of piperidine rings is 3. The summed E-state index contributed by atoms with van der Waals surface area (Å²) in [5.41, 5.74) is 2.44. The Morgan fingerprint density at radius 1 is 0.844 bits per heavy atom. The van der Waals surface area contributed by atoms with E-state index in [0.717, 1.165) is 33.4 Å². The standard InChI is InChI=1S/C57H65ClN6O11S2/c1-55(2,3)74-45(66)31-73-48-47(58)49(76-50(48)53(69)75-56(4,5)6)35-13-10-15-37(29-35)59-38-24-27-63(57(7,8)30-38)77(71,72)32-33-12-9-14-36(28-33)60-54(70)62-25-22-34(23-26-62)39-18-19-42-46-40(39)16-11-17-41(46)52(68)64(42)43-20-21-44(65)61-51(43)67/h9-19,28-29,34,38,43,59H,20-27,30-32H2,1-8H3,(H,60,70)(H,61,65,67)/t38-,43-/m0/s1. The van der Waals surface area contributed by atoms with Crippen molar-refractivity contribution in [2.24, 2.45) is 0 Å². The lowest BCUT2D eigenvalue weighted by atomic mass is 9.85. The summed E-state index contributed by atoms with van der Waals surface area (Å²) in [6.45, 7) is 15.1. The Morgan fingerprint density at radius 3 is 2.25 bits per heavy atom. The van der Waals surface area contributed by atoms with E-state index in [0.29, 0.717) is 71.7 Å². The van der Waals surface area contributed by atoms with Crippen LogP contribution in [0.15, 0.2) is 78.9 Å². The monoisotopic (exact) mass is 1110 g/mol. The van der Waals surface area contributed by atoms with Gasteiger partial charge in [0.05, 0.1) is 16.3 Å². The molecule has 5 amide bonds. The maximum Gasteiger partial charge on any atom is 0.352 e. The van der Waals surface area contributed by atoms with Gasteiger partial charge in [0.25, 0.3) is 5.91 Å². The molecule has 4 aliphatic heterocycles. The van der Waals surface area contributed by atoms with Gasteiger partial charge in [0.15, 0.2) is 17.2 Å². The van der Waals surface area contributed by atoms with Gasteiger partial charge in [0.2, 0.25) is 21.8 Å². The van der Waals surface area contributed by atoms with Crippen molar-refractivity contribution in [1.29, 1.82) is 0 Å². The molecule has 9 rings (SSSR count). The van der Waals surface area contributed by atoms with Crippen molar-refractivity contribution in [1.82, 2.24) is 14.5 Å². The van der Waals surface area contributed by atoms with Crippen LogP contribution >= 0.6 is 22.9 Å². The number of nitrogens with zero attached hydrogens (tertiary/aromatic N) is 3. The second-order valence-electron chi connectivity index (χ2n) is 22.8. The van der Waals surface area contributed by atoms with Gasteiger partial charge in [-0.1, -0.05) is 54.1 Å². The van der Waals surface area contributed by atoms with Crippen LogP contribution in [0.3, 0.4) is 0 Å². The molecule has 0 aliphatic carbocycles. The Kier molecular flexibility index (Phi) is 15.3. The number of benzene rings is 4. The Morgan fingerprint density at radius 2 is 1.55 bits per heavy atom. The highest BCUT2D eigenvalue weighted by Gasteiger charge is 2.43. The summed E-state index contributed by atoms with van der Waals surface area (Å²) in [6, 6.07) is 22.8. The molecule has 4 aliphatic rings. The molecule has 4 aromatic carbocycles. The summed E-state index contributed by atoms with van der Waals surface area (Å²) >= 11 is 8.03. The highest BCUT2D eigenvalue weighted by atomic mass is 35.5. The van der Waals surface area contributed by atoms with Gasteiger partial charge in [-0.25, -0.2) is 22.8 Å². The molecule has 0 radical (unpaired) electrons. The quantitative estimate of drug-likeness (QED) is 0.0743. The minimum Gasteiger partial charge on any atom is -0.479 e. The second kappa shape index (κ2) is 21.4. The lowest BCUT2D eigenvalue weighted by Gasteiger charge is -2.45. The third-order valence-corrected chi connectivity index (χ3v) is 17.8. The highest BCUT2D eigenvalue weighted by molar-refractivity contribution is 7.88. The fourth-order valence-corrected chi connectivity index (χ4v) is 14.3. The highest BCUT2D eigenvalue weighted by Crippen LogP contribution is 2.48. The molecule has 3 N–H and O–H groups in total. The van der Waals surface area contributed by atoms with E-state index in [2.05, 4.69) is 16.0 Å². The molecule has 5 aromatic rings. The molecule has 5 heterocycles. The van der Waals surface area contributed by atoms with E-state index in [9.17, 15) is 37.2 Å². The number of hydrogen-bond donors (Lipinski definition) is 3. The number of likely N-dealkylation sites (tertiary alicyclic amines) is 1. The third-order valence-electron chi connectivity index (χ3n) is 14.1. The van der Waals surface area contributed by atoms with E-state index < -0.39 is 57.3 Å². The molecule has 77 heavy (non-hydrogen) atoms. The molecule has 17 nitrogen and oxygen atoms in total. The van der Waals surface area contributed by atoms with Crippen molar-refractivity contribution >= 4 is 96.5 Å². The van der Waals surface area contributed by atoms with E-state index in [4.69, 9.17) is 25.8 Å². The van der Waals surface area contributed by atoms with E-state index in [1.807, 2.05) is 62.4 Å². The molecule has 20 heteroatoms. The molecular formula is C57H65ClN6O11S2. The second-order valence-corrected chi connectivity index (χ2v) is 26.1. The van der Waals surface area contributed by atoms with Crippen molar-refractivity contribution in [3.05, 3.63) is 105 Å². The fourth-order valence-electron chi connectivity index (χ4n) is 10.9. The van der Waals surface area contributed by atoms with E-state index in [-0.39, 0.29) is 70.6 Å². The molecule has 0 saturated carbocycles. The number of sulfonamides is 1. The number of rotatable bonds is 13. The average molecular weight is 1110 g/mol. The van der Waals surface area contributed by atoms with Crippen molar-refractivity contribution in [2.45, 2.75) is 134 Å². The first-order valence-corrected chi connectivity index (χ1v) is 28.7. The smallest absolute Gasteiger partial charge is 0.352 e. The SMILES string of the molecule is CC(C)(C)OC(=O)COc1c(C(=O)OC(C)(C)C)sc(-c2cccc(N[C@H]3CCN(S(=O)(=O)Cc4cccc(NC(=O)N5CCC(c6ccc7c8c(cccc68)C(=O)N7[C@H]6CCC(=O)NC6=O)CC5)c4)C(C)(C)C3)c2)c1Cl. The Balaban J connectivity index is 0.806. The van der Waals surface area contributed by atoms with Crippen molar-refractivity contribution in [3.63, 3.8) is 0 Å². The zero-order chi connectivity index (χ0) is 55.4. The molecule has 2 atom stereocenters. The van der Waals surface area contributed by atoms with Gasteiger partial charge in [-0.3, -0.25) is 24.6 Å². The molecule has 408 valence electrons. The molecule has 0 spiro atoms. The third kappa shape index (κ3) is 12.1. The van der Waals surface area contributed by atoms with Crippen LogP contribution in [0.4, 0.5) is 21.9 Å². The minimum absolute atomic E-state index is 0.0296. The van der Waals surface area contributed by atoms with E-state index in [1.165, 1.54) is 4.90 Å². The number of amides is 5. The number of halogens is 1. The van der Waals surface area contributed by atoms with Gasteiger partial charge in [-0.15, -0.1) is 11.3 Å². The number of nitrogens with one attached hydrogen (secondary N) is 3. The minimum atomic E-state index is -3.82. The summed E-state index contributed by atoms with van der Waals surface area (Å²) in [6.07, 6.45) is 2.81. The van der Waals surface area contributed by atoms with Crippen LogP contribution in [0.25, 0.3) is 21.2 Å². The Labute approximate surface area is 458 Å². The summed E-state index contributed by atoms with van der Waals surface area (Å²) in [5.74, 6) is -2.45. The number of ether oxygens (including phenoxy) is 3. The first-order valence-electron chi connectivity index (χ1n) is 25.9. The fraction of sp³-hybridized carbons (Fsp3) is 0.439. The molecular weight excluding hydrogens is 1040 g/mol. The maximum absolute atomic E-state index is 14.2. The number of carbonyl (C=O) groups excluding carboxylic acids is 6. The first-order chi connectivity index (χ1) is 36.2. The van der Waals surface area contributed by atoms with Crippen LogP contribution in [0, 0.1) is 0 Å². The zero-order valence-corrected chi connectivity index (χ0v) is 46.9. The molecule has 1 aromatic heterocycles.